The number of aliphatic hydroxyl groups is 2. The van der Waals surface area contributed by atoms with Gasteiger partial charge in [0.2, 0.25) is 5.91 Å². The minimum Gasteiger partial charge on any atom is -0.466 e. The molecule has 0 aliphatic heterocycles. The molecule has 3 atom stereocenters. The Bertz CT molecular complexity index is 1710. The smallest absolute Gasteiger partial charge is 0.305 e. The number of hydrogen-bond donors (Lipinski definition) is 3. The van der Waals surface area contributed by atoms with Crippen molar-refractivity contribution in [1.82, 2.24) is 5.32 Å². The Hall–Kier alpha value is -2.45. The molecule has 0 spiro atoms. The largest absolute Gasteiger partial charge is 0.466 e. The Morgan fingerprint density at radius 1 is 0.290 bits per heavy atom. The van der Waals surface area contributed by atoms with E-state index in [9.17, 15) is 24.6 Å². The molecule has 0 aromatic rings. The lowest BCUT2D eigenvalue weighted by molar-refractivity contribution is -0.146. The van der Waals surface area contributed by atoms with Crippen molar-refractivity contribution in [1.29, 1.82) is 0 Å². The molecule has 1 unspecified atom stereocenters. The number of ether oxygens (including phenoxy) is 2. The van der Waals surface area contributed by atoms with E-state index < -0.39 is 18.2 Å². The van der Waals surface area contributed by atoms with Gasteiger partial charge < -0.3 is 25.0 Å². The minimum absolute atomic E-state index is 0.000850. The number of carbonyl (C=O) groups is 3. The zero-order valence-electron chi connectivity index (χ0n) is 67.6. The monoisotopic (exact) mass is 1410 g/mol. The summed E-state index contributed by atoms with van der Waals surface area (Å²) in [7, 11) is 0. The number of carbonyl (C=O) groups excluding carboxylic acids is 3. The van der Waals surface area contributed by atoms with E-state index in [1.165, 1.54) is 379 Å². The predicted molar refractivity (Wildman–Crippen MR) is 437 cm³/mol. The number of unbranched alkanes of at least 4 members (excludes halogenated alkanes) is 65. The van der Waals surface area contributed by atoms with Gasteiger partial charge in [0.25, 0.3) is 0 Å². The van der Waals surface area contributed by atoms with Crippen LogP contribution in [0.3, 0.4) is 0 Å². The number of allylic oxidation sites excluding steroid dienone is 4. The number of nitrogens with one attached hydrogen (secondary N) is 1. The van der Waals surface area contributed by atoms with Gasteiger partial charge >= 0.3 is 11.9 Å². The first kappa shape index (κ1) is 97.5. The normalized spacial score (nSPS) is 12.8. The Morgan fingerprint density at radius 3 is 0.890 bits per heavy atom. The van der Waals surface area contributed by atoms with Gasteiger partial charge in [-0.2, -0.15) is 0 Å². The molecule has 0 aromatic heterocycles. The quantitative estimate of drug-likeness (QED) is 0.0315. The fraction of sp³-hybridized carbons (Fsp3) is 0.902. The maximum absolute atomic E-state index is 13.2. The Labute approximate surface area is 624 Å². The third-order valence-electron chi connectivity index (χ3n) is 21.2. The van der Waals surface area contributed by atoms with Crippen LogP contribution in [0.25, 0.3) is 0 Å². The van der Waals surface area contributed by atoms with Crippen molar-refractivity contribution in [2.24, 2.45) is 0 Å². The summed E-state index contributed by atoms with van der Waals surface area (Å²) in [6.45, 7) is 7.35. The molecular formula is C92H175NO7. The molecule has 0 saturated carbocycles. The van der Waals surface area contributed by atoms with E-state index in [1.54, 1.807) is 12.2 Å². The van der Waals surface area contributed by atoms with Crippen LogP contribution in [-0.2, 0) is 23.9 Å². The van der Waals surface area contributed by atoms with Crippen LogP contribution in [0.5, 0.6) is 0 Å². The molecule has 0 fully saturated rings. The maximum Gasteiger partial charge on any atom is 0.305 e. The van der Waals surface area contributed by atoms with Gasteiger partial charge in [-0.25, -0.2) is 0 Å². The number of hydrogen-bond acceptors (Lipinski definition) is 7. The summed E-state index contributed by atoms with van der Waals surface area (Å²) in [6.07, 6.45) is 104. The molecule has 0 aliphatic carbocycles. The van der Waals surface area contributed by atoms with Crippen LogP contribution < -0.4 is 5.32 Å². The van der Waals surface area contributed by atoms with Gasteiger partial charge in [-0.15, -0.1) is 0 Å². The topological polar surface area (TPSA) is 122 Å². The maximum atomic E-state index is 13.2. The average Bonchev–Trinajstić information content (AvgIpc) is 1.12. The number of esters is 2. The highest BCUT2D eigenvalue weighted by Gasteiger charge is 2.22. The fourth-order valence-corrected chi connectivity index (χ4v) is 14.3. The van der Waals surface area contributed by atoms with Gasteiger partial charge in [0.1, 0.15) is 6.61 Å². The fourth-order valence-electron chi connectivity index (χ4n) is 14.3. The lowest BCUT2D eigenvalue weighted by atomic mass is 10.0. The van der Waals surface area contributed by atoms with Crippen LogP contribution in [-0.4, -0.2) is 59.5 Å². The first-order chi connectivity index (χ1) is 49.3. The van der Waals surface area contributed by atoms with Crippen molar-refractivity contribution in [3.63, 3.8) is 0 Å². The molecule has 1 amide bonds. The van der Waals surface area contributed by atoms with Gasteiger partial charge in [0, 0.05) is 19.3 Å². The molecule has 590 valence electrons. The molecule has 0 rings (SSSR count). The molecule has 0 aliphatic rings. The molecule has 0 heterocycles. The van der Waals surface area contributed by atoms with Crippen LogP contribution in [0.15, 0.2) is 36.5 Å². The van der Waals surface area contributed by atoms with Gasteiger partial charge in [-0.1, -0.05) is 455 Å². The Kier molecular flexibility index (Phi) is 83.4. The molecular weight excluding hydrogens is 1230 g/mol. The highest BCUT2D eigenvalue weighted by molar-refractivity contribution is 5.76. The second-order valence-corrected chi connectivity index (χ2v) is 31.3. The first-order valence-electron chi connectivity index (χ1n) is 45.3. The van der Waals surface area contributed by atoms with E-state index in [2.05, 4.69) is 50.4 Å². The summed E-state index contributed by atoms with van der Waals surface area (Å²) in [5, 5.41) is 25.0. The Morgan fingerprint density at radius 2 is 0.550 bits per heavy atom. The van der Waals surface area contributed by atoms with E-state index in [-0.39, 0.29) is 24.5 Å². The SMILES string of the molecule is CCCCC/C=C\C/C=C\CCCCCCCC(=O)OCCCCCCCCCCCCCCCCCCCCCCCCCCCCCC(=O)N[C@@H](COC(=O)CCCCCCCCCCCCCCCCCCCCCCC)[C@H](O)/C=C/C(O)CCCCCCCCCCCCCC. The second kappa shape index (κ2) is 85.5. The standard InChI is InChI=1S/C92H175NO7/c1-4-7-10-13-16-19-22-25-27-28-29-37-41-44-48-52-57-62-67-72-77-82-92(98)100-86-88(89(95)84-83-87(94)79-74-69-64-59-54-24-21-18-15-12-9-6-3)93-90(96)80-75-70-65-60-55-50-47-43-40-38-35-33-31-30-32-34-36-39-42-45-49-53-58-63-68-73-78-85-99-91(97)81-76-71-66-61-56-51-46-26-23-20-17-14-11-8-5-2/h17,20,26,46,83-84,87-89,94-95H,4-16,18-19,21-25,27-45,47-82,85-86H2,1-3H3,(H,93,96)/b20-17-,46-26-,84-83+/t87?,88-,89+/m0/s1. The summed E-state index contributed by atoms with van der Waals surface area (Å²) in [5.41, 5.74) is 0. The van der Waals surface area contributed by atoms with Crippen molar-refractivity contribution in [2.75, 3.05) is 13.2 Å². The van der Waals surface area contributed by atoms with Crippen molar-refractivity contribution < 1.29 is 34.1 Å². The lowest BCUT2D eigenvalue weighted by Crippen LogP contribution is -2.46. The summed E-state index contributed by atoms with van der Waals surface area (Å²) in [4.78, 5) is 38.2. The highest BCUT2D eigenvalue weighted by Crippen LogP contribution is 2.21. The second-order valence-electron chi connectivity index (χ2n) is 31.3. The highest BCUT2D eigenvalue weighted by atomic mass is 16.5. The van der Waals surface area contributed by atoms with Crippen LogP contribution in [0.2, 0.25) is 0 Å². The average molecular weight is 1410 g/mol. The predicted octanol–water partition coefficient (Wildman–Crippen LogP) is 29.3. The van der Waals surface area contributed by atoms with E-state index in [0.717, 1.165) is 77.0 Å². The first-order valence-corrected chi connectivity index (χ1v) is 45.3. The molecule has 8 nitrogen and oxygen atoms in total. The summed E-state index contributed by atoms with van der Waals surface area (Å²) >= 11 is 0. The number of rotatable bonds is 85. The Balaban J connectivity index is 4.04. The van der Waals surface area contributed by atoms with Gasteiger partial charge in [0.15, 0.2) is 0 Å². The van der Waals surface area contributed by atoms with E-state index in [4.69, 9.17) is 9.47 Å². The van der Waals surface area contributed by atoms with Crippen LogP contribution in [0.1, 0.15) is 502 Å². The van der Waals surface area contributed by atoms with E-state index in [0.29, 0.717) is 32.3 Å². The molecule has 100 heavy (non-hydrogen) atoms. The number of aliphatic hydroxyl groups excluding tert-OH is 2. The molecule has 0 saturated heterocycles. The van der Waals surface area contributed by atoms with Crippen molar-refractivity contribution in [3.05, 3.63) is 36.5 Å². The van der Waals surface area contributed by atoms with Crippen molar-refractivity contribution >= 4 is 17.8 Å². The molecule has 0 radical (unpaired) electrons. The van der Waals surface area contributed by atoms with Crippen molar-refractivity contribution in [3.8, 4) is 0 Å². The molecule has 3 N–H and O–H groups in total. The van der Waals surface area contributed by atoms with Crippen LogP contribution >= 0.6 is 0 Å². The third kappa shape index (κ3) is 81.2. The van der Waals surface area contributed by atoms with Gasteiger partial charge in [-0.05, 0) is 64.2 Å². The van der Waals surface area contributed by atoms with Gasteiger partial charge in [0.05, 0.1) is 24.9 Å². The van der Waals surface area contributed by atoms with E-state index in [1.807, 2.05) is 0 Å². The minimum atomic E-state index is -1.06. The number of amides is 1. The zero-order chi connectivity index (χ0) is 72.3. The molecule has 8 heteroatoms. The lowest BCUT2D eigenvalue weighted by Gasteiger charge is -2.22. The third-order valence-corrected chi connectivity index (χ3v) is 21.2. The van der Waals surface area contributed by atoms with Crippen LogP contribution in [0.4, 0.5) is 0 Å². The zero-order valence-corrected chi connectivity index (χ0v) is 67.6. The van der Waals surface area contributed by atoms with Crippen LogP contribution in [0, 0.1) is 0 Å². The molecule has 0 aromatic carbocycles. The summed E-state index contributed by atoms with van der Waals surface area (Å²) in [6, 6.07) is -0.750. The summed E-state index contributed by atoms with van der Waals surface area (Å²) in [5.74, 6) is -0.389. The van der Waals surface area contributed by atoms with E-state index >= 15 is 0 Å². The summed E-state index contributed by atoms with van der Waals surface area (Å²) < 4.78 is 11.2. The van der Waals surface area contributed by atoms with Crippen molar-refractivity contribution in [2.45, 2.75) is 521 Å². The molecule has 0 bridgehead atoms. The van der Waals surface area contributed by atoms with Gasteiger partial charge in [-0.3, -0.25) is 14.4 Å².